The van der Waals surface area contributed by atoms with E-state index in [0.29, 0.717) is 0 Å². The molecule has 0 bridgehead atoms. The second kappa shape index (κ2) is 9.60. The summed E-state index contributed by atoms with van der Waals surface area (Å²) in [5.41, 5.74) is -1.55. The standard InChI is InChI=1S/C23H19F6N3O3S/c24-15-3-7-17(8-4-15)36(34,35)19-10-9-18(19)22(33)30-11-13-12-32(31-20(13)21(25)26)16-5-1-14(2-6-16)23(27,28)29/h1-8,12,18-19,21H,9-11H2,(H,30,33)/t18-,19+/m1/s1. The predicted octanol–water partition coefficient (Wildman–Crippen LogP) is 4.84. The van der Waals surface area contributed by atoms with Crippen molar-refractivity contribution in [3.63, 3.8) is 0 Å². The lowest BCUT2D eigenvalue weighted by Gasteiger charge is -2.34. The Kier molecular flexibility index (Phi) is 6.86. The van der Waals surface area contributed by atoms with Crippen LogP contribution in [-0.2, 0) is 27.4 Å². The van der Waals surface area contributed by atoms with Crippen LogP contribution < -0.4 is 5.32 Å². The summed E-state index contributed by atoms with van der Waals surface area (Å²) in [4.78, 5) is 12.6. The predicted molar refractivity (Wildman–Crippen MR) is 115 cm³/mol. The number of nitrogens with zero attached hydrogens (tertiary/aromatic N) is 2. The van der Waals surface area contributed by atoms with Gasteiger partial charge in [0.25, 0.3) is 6.43 Å². The molecule has 1 fully saturated rings. The third kappa shape index (κ3) is 5.11. The van der Waals surface area contributed by atoms with Crippen molar-refractivity contribution in [3.05, 3.63) is 77.4 Å². The lowest BCUT2D eigenvalue weighted by Crippen LogP contribution is -2.47. The lowest BCUT2D eigenvalue weighted by atomic mass is 9.84. The van der Waals surface area contributed by atoms with Gasteiger partial charge in [-0.05, 0) is 61.4 Å². The van der Waals surface area contributed by atoms with Crippen LogP contribution in [0.5, 0.6) is 0 Å². The molecule has 192 valence electrons. The Morgan fingerprint density at radius 2 is 1.69 bits per heavy atom. The highest BCUT2D eigenvalue weighted by atomic mass is 32.2. The van der Waals surface area contributed by atoms with Crippen molar-refractivity contribution < 1.29 is 39.6 Å². The Morgan fingerprint density at radius 1 is 1.06 bits per heavy atom. The minimum atomic E-state index is -4.56. The zero-order valence-corrected chi connectivity index (χ0v) is 19.2. The minimum absolute atomic E-state index is 0.0736. The summed E-state index contributed by atoms with van der Waals surface area (Å²) in [5.74, 6) is -2.18. The molecule has 0 spiro atoms. The Labute approximate surface area is 201 Å². The summed E-state index contributed by atoms with van der Waals surface area (Å²) in [6.45, 7) is -0.390. The number of amides is 1. The average molecular weight is 531 g/mol. The van der Waals surface area contributed by atoms with Crippen LogP contribution in [0.25, 0.3) is 5.69 Å². The number of alkyl halides is 5. The molecule has 1 aliphatic carbocycles. The molecule has 1 amide bonds. The molecule has 13 heteroatoms. The molecular weight excluding hydrogens is 512 g/mol. The van der Waals surface area contributed by atoms with Gasteiger partial charge in [-0.1, -0.05) is 0 Å². The molecular formula is C23H19F6N3O3S. The summed E-state index contributed by atoms with van der Waals surface area (Å²) in [5, 5.41) is 5.16. The van der Waals surface area contributed by atoms with E-state index < -0.39 is 56.6 Å². The van der Waals surface area contributed by atoms with Gasteiger partial charge in [-0.15, -0.1) is 0 Å². The van der Waals surface area contributed by atoms with Gasteiger partial charge in [0.15, 0.2) is 9.84 Å². The van der Waals surface area contributed by atoms with E-state index in [1.165, 1.54) is 0 Å². The summed E-state index contributed by atoms with van der Waals surface area (Å²) in [6.07, 6.45) is -5.94. The van der Waals surface area contributed by atoms with Gasteiger partial charge < -0.3 is 5.32 Å². The first kappa shape index (κ1) is 25.7. The quantitative estimate of drug-likeness (QED) is 0.350. The maximum absolute atomic E-state index is 13.5. The molecule has 6 nitrogen and oxygen atoms in total. The van der Waals surface area contributed by atoms with E-state index in [-0.39, 0.29) is 35.5 Å². The number of hydrogen-bond acceptors (Lipinski definition) is 4. The summed E-state index contributed by atoms with van der Waals surface area (Å²) >= 11 is 0. The van der Waals surface area contributed by atoms with Crippen LogP contribution >= 0.6 is 0 Å². The van der Waals surface area contributed by atoms with Gasteiger partial charge in [-0.2, -0.15) is 18.3 Å². The molecule has 3 aromatic rings. The van der Waals surface area contributed by atoms with E-state index in [1.54, 1.807) is 0 Å². The normalized spacial score (nSPS) is 18.2. The van der Waals surface area contributed by atoms with E-state index >= 15 is 0 Å². The summed E-state index contributed by atoms with van der Waals surface area (Å²) in [7, 11) is -3.91. The monoisotopic (exact) mass is 531 g/mol. The molecule has 1 heterocycles. The van der Waals surface area contributed by atoms with Crippen molar-refractivity contribution in [2.24, 2.45) is 5.92 Å². The van der Waals surface area contributed by atoms with Gasteiger partial charge in [0, 0.05) is 18.3 Å². The Hall–Kier alpha value is -3.35. The topological polar surface area (TPSA) is 81.1 Å². The second-order valence-electron chi connectivity index (χ2n) is 8.27. The van der Waals surface area contributed by atoms with Crippen molar-refractivity contribution in [2.45, 2.75) is 42.1 Å². The van der Waals surface area contributed by atoms with Crippen LogP contribution in [0.1, 0.15) is 36.1 Å². The number of carbonyl (C=O) groups is 1. The van der Waals surface area contributed by atoms with Crippen molar-refractivity contribution in [2.75, 3.05) is 0 Å². The molecule has 0 radical (unpaired) electrons. The van der Waals surface area contributed by atoms with Crippen molar-refractivity contribution in [1.29, 1.82) is 0 Å². The number of hydrogen-bond donors (Lipinski definition) is 1. The van der Waals surface area contributed by atoms with Crippen LogP contribution in [0.2, 0.25) is 0 Å². The van der Waals surface area contributed by atoms with Gasteiger partial charge in [-0.25, -0.2) is 26.3 Å². The molecule has 0 unspecified atom stereocenters. The molecule has 1 saturated carbocycles. The number of aromatic nitrogens is 2. The van der Waals surface area contributed by atoms with Gasteiger partial charge in [0.1, 0.15) is 11.5 Å². The molecule has 2 atom stereocenters. The summed E-state index contributed by atoms with van der Waals surface area (Å²) < 4.78 is 105. The van der Waals surface area contributed by atoms with Gasteiger partial charge in [-0.3, -0.25) is 4.79 Å². The molecule has 1 aromatic heterocycles. The number of carbonyl (C=O) groups excluding carboxylic acids is 1. The smallest absolute Gasteiger partial charge is 0.352 e. The molecule has 36 heavy (non-hydrogen) atoms. The number of benzene rings is 2. The number of halogens is 6. The van der Waals surface area contributed by atoms with Gasteiger partial charge in [0.2, 0.25) is 5.91 Å². The first-order chi connectivity index (χ1) is 16.9. The molecule has 0 aliphatic heterocycles. The van der Waals surface area contributed by atoms with Crippen LogP contribution in [0.4, 0.5) is 26.3 Å². The van der Waals surface area contributed by atoms with Crippen molar-refractivity contribution >= 4 is 15.7 Å². The number of sulfone groups is 1. The fourth-order valence-electron chi connectivity index (χ4n) is 3.93. The van der Waals surface area contributed by atoms with Crippen LogP contribution in [0.3, 0.4) is 0 Å². The highest BCUT2D eigenvalue weighted by Crippen LogP contribution is 2.37. The molecule has 0 saturated heterocycles. The zero-order chi connectivity index (χ0) is 26.3. The average Bonchev–Trinajstić information content (AvgIpc) is 3.21. The third-order valence-electron chi connectivity index (χ3n) is 6.03. The largest absolute Gasteiger partial charge is 0.416 e. The maximum Gasteiger partial charge on any atom is 0.416 e. The molecule has 1 N–H and O–H groups in total. The number of nitrogens with one attached hydrogen (secondary N) is 1. The lowest BCUT2D eigenvalue weighted by molar-refractivity contribution is -0.137. The second-order valence-corrected chi connectivity index (χ2v) is 10.4. The Balaban J connectivity index is 1.47. The van der Waals surface area contributed by atoms with Crippen molar-refractivity contribution in [3.8, 4) is 5.69 Å². The van der Waals surface area contributed by atoms with Crippen LogP contribution in [0, 0.1) is 11.7 Å². The molecule has 1 aliphatic rings. The molecule has 2 aromatic carbocycles. The van der Waals surface area contributed by atoms with E-state index in [0.717, 1.165) is 59.4 Å². The highest BCUT2D eigenvalue weighted by Gasteiger charge is 2.45. The fourth-order valence-corrected chi connectivity index (χ4v) is 5.94. The van der Waals surface area contributed by atoms with E-state index in [1.807, 2.05) is 0 Å². The SMILES string of the molecule is O=C(NCc1cn(-c2ccc(C(F)(F)F)cc2)nc1C(F)F)[C@@H]1CC[C@@H]1S(=O)(=O)c1ccc(F)cc1. The minimum Gasteiger partial charge on any atom is -0.352 e. The third-order valence-corrected chi connectivity index (χ3v) is 8.32. The van der Waals surface area contributed by atoms with Crippen LogP contribution in [0.15, 0.2) is 59.6 Å². The first-order valence-corrected chi connectivity index (χ1v) is 12.2. The molecule has 4 rings (SSSR count). The van der Waals surface area contributed by atoms with Gasteiger partial charge >= 0.3 is 6.18 Å². The number of rotatable bonds is 7. The fraction of sp³-hybridized carbons (Fsp3) is 0.304. The Morgan fingerprint density at radius 3 is 2.22 bits per heavy atom. The first-order valence-electron chi connectivity index (χ1n) is 10.7. The van der Waals surface area contributed by atoms with Crippen molar-refractivity contribution in [1.82, 2.24) is 15.1 Å². The maximum atomic E-state index is 13.5. The zero-order valence-electron chi connectivity index (χ0n) is 18.3. The summed E-state index contributed by atoms with van der Waals surface area (Å²) in [6, 6.07) is 7.96. The van der Waals surface area contributed by atoms with E-state index in [2.05, 4.69) is 10.4 Å². The van der Waals surface area contributed by atoms with Gasteiger partial charge in [0.05, 0.1) is 27.3 Å². The van der Waals surface area contributed by atoms with E-state index in [4.69, 9.17) is 0 Å². The van der Waals surface area contributed by atoms with Crippen LogP contribution in [-0.4, -0.2) is 29.4 Å². The highest BCUT2D eigenvalue weighted by molar-refractivity contribution is 7.92. The van der Waals surface area contributed by atoms with E-state index in [9.17, 15) is 39.6 Å². The Bertz CT molecular complexity index is 1350.